The minimum atomic E-state index is 0.0503. The average Bonchev–Trinajstić information content (AvgIpc) is 2.73. The lowest BCUT2D eigenvalue weighted by Crippen LogP contribution is -2.25. The number of rotatable bonds is 16. The Bertz CT molecular complexity index is 553. The molecule has 0 amide bonds. The van der Waals surface area contributed by atoms with Crippen LogP contribution in [0.3, 0.4) is 0 Å². The van der Waals surface area contributed by atoms with Crippen LogP contribution in [0, 0.1) is 0 Å². The topological polar surface area (TPSA) is 51.2 Å². The number of hydrogen-bond donors (Lipinski definition) is 1. The van der Waals surface area contributed by atoms with Gasteiger partial charge in [-0.2, -0.15) is 0 Å². The highest BCUT2D eigenvalue weighted by Crippen LogP contribution is 2.10. The van der Waals surface area contributed by atoms with E-state index in [1.165, 1.54) is 11.1 Å². The molecule has 0 saturated carbocycles. The Morgan fingerprint density at radius 3 is 1.57 bits per heavy atom. The van der Waals surface area contributed by atoms with E-state index in [0.717, 1.165) is 32.7 Å². The Balaban J connectivity index is 1.62. The molecule has 0 aliphatic rings. The van der Waals surface area contributed by atoms with Crippen molar-refractivity contribution in [2.75, 3.05) is 52.8 Å². The van der Waals surface area contributed by atoms with Gasteiger partial charge in [0, 0.05) is 26.2 Å². The summed E-state index contributed by atoms with van der Waals surface area (Å²) in [7, 11) is 0. The van der Waals surface area contributed by atoms with Crippen LogP contribution in [-0.4, -0.2) is 62.8 Å². The smallest absolute Gasteiger partial charge is 0.0701 e. The molecule has 0 fully saturated rings. The van der Waals surface area contributed by atoms with Crippen molar-refractivity contribution in [3.63, 3.8) is 0 Å². The van der Waals surface area contributed by atoms with Crippen LogP contribution >= 0.6 is 0 Å². The fourth-order valence-electron chi connectivity index (χ4n) is 2.89. The van der Waals surface area contributed by atoms with Crippen molar-refractivity contribution >= 4 is 0 Å². The lowest BCUT2D eigenvalue weighted by molar-refractivity contribution is 0.00640. The van der Waals surface area contributed by atoms with Crippen molar-refractivity contribution in [1.82, 2.24) is 4.90 Å². The van der Waals surface area contributed by atoms with Crippen LogP contribution in [-0.2, 0) is 27.3 Å². The number of aliphatic hydroxyl groups is 1. The van der Waals surface area contributed by atoms with E-state index >= 15 is 0 Å². The number of nitrogens with zero attached hydrogens (tertiary/aromatic N) is 1. The van der Waals surface area contributed by atoms with E-state index in [1.54, 1.807) is 0 Å². The molecule has 2 aromatic carbocycles. The zero-order valence-electron chi connectivity index (χ0n) is 16.7. The van der Waals surface area contributed by atoms with Gasteiger partial charge in [-0.15, -0.1) is 0 Å². The summed E-state index contributed by atoms with van der Waals surface area (Å²) in [5, 5.41) is 8.60. The maximum absolute atomic E-state index is 8.60. The lowest BCUT2D eigenvalue weighted by atomic mass is 10.1. The second kappa shape index (κ2) is 15.2. The molecule has 1 N–H and O–H groups in total. The van der Waals surface area contributed by atoms with E-state index < -0.39 is 0 Å². The van der Waals surface area contributed by atoms with Crippen LogP contribution in [0.25, 0.3) is 0 Å². The molecule has 5 nitrogen and oxygen atoms in total. The fraction of sp³-hybridized carbons (Fsp3) is 0.478. The SMILES string of the molecule is OCCOCCOCCOCCCN(Cc1ccccc1)Cc1ccccc1. The zero-order chi connectivity index (χ0) is 19.7. The molecule has 28 heavy (non-hydrogen) atoms. The van der Waals surface area contributed by atoms with Crippen LogP contribution in [0.5, 0.6) is 0 Å². The zero-order valence-corrected chi connectivity index (χ0v) is 16.7. The molecule has 154 valence electrons. The van der Waals surface area contributed by atoms with E-state index in [0.29, 0.717) is 33.0 Å². The standard InChI is InChI=1S/C23H33NO4/c25-13-15-27-17-19-28-18-16-26-14-7-12-24(20-22-8-3-1-4-9-22)21-23-10-5-2-6-11-23/h1-6,8-11,25H,7,12-21H2. The maximum Gasteiger partial charge on any atom is 0.0701 e. The van der Waals surface area contributed by atoms with Gasteiger partial charge in [0.25, 0.3) is 0 Å². The number of benzene rings is 2. The second-order valence-corrected chi connectivity index (χ2v) is 6.60. The third kappa shape index (κ3) is 10.5. The average molecular weight is 388 g/mol. The van der Waals surface area contributed by atoms with Gasteiger partial charge in [0.1, 0.15) is 0 Å². The third-order valence-corrected chi connectivity index (χ3v) is 4.24. The van der Waals surface area contributed by atoms with Gasteiger partial charge in [-0.3, -0.25) is 4.90 Å². The first-order valence-corrected chi connectivity index (χ1v) is 10.0. The highest BCUT2D eigenvalue weighted by molar-refractivity contribution is 5.17. The summed E-state index contributed by atoms with van der Waals surface area (Å²) in [4.78, 5) is 2.46. The van der Waals surface area contributed by atoms with Gasteiger partial charge in [0.05, 0.1) is 39.6 Å². The molecule has 0 saturated heterocycles. The summed E-state index contributed by atoms with van der Waals surface area (Å²) in [6.07, 6.45) is 0.985. The monoisotopic (exact) mass is 387 g/mol. The van der Waals surface area contributed by atoms with Crippen LogP contribution < -0.4 is 0 Å². The van der Waals surface area contributed by atoms with Crippen molar-refractivity contribution in [2.24, 2.45) is 0 Å². The first-order chi connectivity index (χ1) is 13.9. The first kappa shape index (κ1) is 22.5. The molecular formula is C23H33NO4. The van der Waals surface area contributed by atoms with Gasteiger partial charge in [-0.1, -0.05) is 60.7 Å². The maximum atomic E-state index is 8.60. The Hall–Kier alpha value is -1.76. The molecule has 5 heteroatoms. The molecule has 2 rings (SSSR count). The molecule has 0 aliphatic carbocycles. The van der Waals surface area contributed by atoms with Gasteiger partial charge in [-0.25, -0.2) is 0 Å². The summed E-state index contributed by atoms with van der Waals surface area (Å²) < 4.78 is 16.2. The molecule has 0 spiro atoms. The van der Waals surface area contributed by atoms with Crippen molar-refractivity contribution in [3.8, 4) is 0 Å². The highest BCUT2D eigenvalue weighted by atomic mass is 16.5. The summed E-state index contributed by atoms with van der Waals surface area (Å²) >= 11 is 0. The van der Waals surface area contributed by atoms with E-state index in [4.69, 9.17) is 19.3 Å². The predicted octanol–water partition coefficient (Wildman–Crippen LogP) is 3.12. The Morgan fingerprint density at radius 2 is 1.07 bits per heavy atom. The van der Waals surface area contributed by atoms with Crippen molar-refractivity contribution < 1.29 is 19.3 Å². The quantitative estimate of drug-likeness (QED) is 0.449. The molecule has 0 bridgehead atoms. The summed E-state index contributed by atoms with van der Waals surface area (Å²) in [6, 6.07) is 21.2. The number of hydrogen-bond acceptors (Lipinski definition) is 5. The molecule has 0 aromatic heterocycles. The van der Waals surface area contributed by atoms with Gasteiger partial charge in [-0.05, 0) is 17.5 Å². The summed E-state index contributed by atoms with van der Waals surface area (Å²) in [5.74, 6) is 0. The number of aliphatic hydroxyl groups excluding tert-OH is 1. The predicted molar refractivity (Wildman–Crippen MR) is 111 cm³/mol. The van der Waals surface area contributed by atoms with Crippen molar-refractivity contribution in [3.05, 3.63) is 71.8 Å². The Labute approximate surface area is 168 Å². The van der Waals surface area contributed by atoms with Crippen LogP contribution in [0.15, 0.2) is 60.7 Å². The van der Waals surface area contributed by atoms with Gasteiger partial charge in [0.15, 0.2) is 0 Å². The molecule has 2 aromatic rings. The lowest BCUT2D eigenvalue weighted by Gasteiger charge is -2.22. The largest absolute Gasteiger partial charge is 0.394 e. The molecule has 0 radical (unpaired) electrons. The Kier molecular flexibility index (Phi) is 12.2. The van der Waals surface area contributed by atoms with E-state index in [-0.39, 0.29) is 6.61 Å². The van der Waals surface area contributed by atoms with Gasteiger partial charge in [0.2, 0.25) is 0 Å². The molecule has 0 aliphatic heterocycles. The van der Waals surface area contributed by atoms with Crippen molar-refractivity contribution in [1.29, 1.82) is 0 Å². The van der Waals surface area contributed by atoms with Crippen molar-refractivity contribution in [2.45, 2.75) is 19.5 Å². The van der Waals surface area contributed by atoms with Gasteiger partial charge < -0.3 is 19.3 Å². The van der Waals surface area contributed by atoms with Crippen LogP contribution in [0.1, 0.15) is 17.5 Å². The van der Waals surface area contributed by atoms with Gasteiger partial charge >= 0.3 is 0 Å². The first-order valence-electron chi connectivity index (χ1n) is 10.0. The molecule has 0 heterocycles. The van der Waals surface area contributed by atoms with Crippen LogP contribution in [0.2, 0.25) is 0 Å². The third-order valence-electron chi connectivity index (χ3n) is 4.24. The summed E-state index contributed by atoms with van der Waals surface area (Å²) in [5.41, 5.74) is 2.66. The normalized spacial score (nSPS) is 11.2. The fourth-order valence-corrected chi connectivity index (χ4v) is 2.89. The molecule has 0 unspecified atom stereocenters. The minimum absolute atomic E-state index is 0.0503. The summed E-state index contributed by atoms with van der Waals surface area (Å²) in [6.45, 7) is 6.21. The van der Waals surface area contributed by atoms with E-state index in [2.05, 4.69) is 65.6 Å². The van der Waals surface area contributed by atoms with E-state index in [9.17, 15) is 0 Å². The van der Waals surface area contributed by atoms with Crippen LogP contribution in [0.4, 0.5) is 0 Å². The van der Waals surface area contributed by atoms with E-state index in [1.807, 2.05) is 0 Å². The molecule has 0 atom stereocenters. The molecular weight excluding hydrogens is 354 g/mol. The highest BCUT2D eigenvalue weighted by Gasteiger charge is 2.07. The second-order valence-electron chi connectivity index (χ2n) is 6.60. The Morgan fingerprint density at radius 1 is 0.607 bits per heavy atom. The number of ether oxygens (including phenoxy) is 3. The minimum Gasteiger partial charge on any atom is -0.394 e.